The topological polar surface area (TPSA) is 29.9 Å². The van der Waals surface area contributed by atoms with E-state index in [0.29, 0.717) is 5.71 Å². The Morgan fingerprint density at radius 1 is 0.703 bits per heavy atom. The van der Waals surface area contributed by atoms with Gasteiger partial charge in [0.05, 0.1) is 11.5 Å². The summed E-state index contributed by atoms with van der Waals surface area (Å²) in [5.74, 6) is 0.489. The van der Waals surface area contributed by atoms with Crippen molar-refractivity contribution in [2.24, 2.45) is 7.05 Å². The second-order valence-electron chi connectivity index (χ2n) is 10.7. The molecule has 3 aromatic carbocycles. The van der Waals surface area contributed by atoms with Crippen LogP contribution in [0.25, 0.3) is 33.3 Å². The van der Waals surface area contributed by atoms with Crippen LogP contribution in [0, 0.1) is 20.8 Å². The number of nitrogens with zero attached hydrogens (tertiary/aromatic N) is 2. The fourth-order valence-corrected chi connectivity index (χ4v) is 7.00. The largest absolute Gasteiger partial charge is 0.437 e. The first-order valence-corrected chi connectivity index (χ1v) is 13.0. The minimum atomic E-state index is 0.220. The average molecular weight is 480 g/mol. The molecule has 0 amide bonds. The fraction of sp³-hybridized carbons (Fsp3) is 0.176. The minimum absolute atomic E-state index is 0.220. The highest BCUT2D eigenvalue weighted by molar-refractivity contribution is 6.09. The second-order valence-corrected chi connectivity index (χ2v) is 10.7. The lowest BCUT2D eigenvalue weighted by molar-refractivity contribution is -0.669. The smallest absolute Gasteiger partial charge is 0.227 e. The van der Waals surface area contributed by atoms with Crippen molar-refractivity contribution in [3.63, 3.8) is 0 Å². The predicted octanol–water partition coefficient (Wildman–Crippen LogP) is 7.38. The van der Waals surface area contributed by atoms with Crippen LogP contribution >= 0.6 is 0 Å². The van der Waals surface area contributed by atoms with Gasteiger partial charge in [-0.3, -0.25) is 0 Å². The molecular weight excluding hydrogens is 452 g/mol. The summed E-state index contributed by atoms with van der Waals surface area (Å²) in [6.45, 7) is 6.43. The molecule has 3 heterocycles. The van der Waals surface area contributed by atoms with E-state index in [1.54, 1.807) is 0 Å². The van der Waals surface area contributed by atoms with Crippen molar-refractivity contribution in [2.75, 3.05) is 0 Å². The summed E-state index contributed by atoms with van der Waals surface area (Å²) < 4.78 is 8.94. The van der Waals surface area contributed by atoms with Crippen LogP contribution in [0.5, 0.6) is 0 Å². The van der Waals surface area contributed by atoms with Crippen molar-refractivity contribution in [3.8, 4) is 11.3 Å². The monoisotopic (exact) mass is 479 g/mol. The third kappa shape index (κ3) is 2.61. The van der Waals surface area contributed by atoms with Gasteiger partial charge in [0.2, 0.25) is 11.4 Å². The Morgan fingerprint density at radius 2 is 1.35 bits per heavy atom. The SMILES string of the molecule is Cc1ccc2c(n1)oc1c(-c3ccc4c([n+]3C)C3c5ccccc5C4c4ccccc43)c(C)c(C)cc12. The van der Waals surface area contributed by atoms with E-state index in [2.05, 4.69) is 104 Å². The first kappa shape index (κ1) is 20.9. The van der Waals surface area contributed by atoms with E-state index in [1.165, 1.54) is 55.9 Å². The van der Waals surface area contributed by atoms with Gasteiger partial charge in [-0.2, -0.15) is 4.57 Å². The van der Waals surface area contributed by atoms with Crippen LogP contribution in [0.2, 0.25) is 0 Å². The molecule has 9 rings (SSSR count). The predicted molar refractivity (Wildman–Crippen MR) is 147 cm³/mol. The zero-order chi connectivity index (χ0) is 25.0. The van der Waals surface area contributed by atoms with Gasteiger partial charge in [-0.05, 0) is 78.4 Å². The molecule has 0 fully saturated rings. The zero-order valence-electron chi connectivity index (χ0n) is 21.5. The Bertz CT molecular complexity index is 1900. The number of fused-ring (bicyclic) bond motifs is 3. The highest BCUT2D eigenvalue weighted by Gasteiger charge is 2.46. The number of furan rings is 1. The van der Waals surface area contributed by atoms with E-state index < -0.39 is 0 Å². The third-order valence-corrected chi connectivity index (χ3v) is 8.80. The number of aryl methyl sites for hydroxylation is 2. The fourth-order valence-electron chi connectivity index (χ4n) is 7.00. The maximum absolute atomic E-state index is 6.50. The molecule has 6 aromatic rings. The quantitative estimate of drug-likeness (QED) is 0.230. The van der Waals surface area contributed by atoms with Crippen molar-refractivity contribution in [3.05, 3.63) is 129 Å². The van der Waals surface area contributed by atoms with Gasteiger partial charge in [-0.15, -0.1) is 0 Å². The van der Waals surface area contributed by atoms with Crippen LogP contribution < -0.4 is 4.57 Å². The van der Waals surface area contributed by atoms with E-state index in [0.717, 1.165) is 22.0 Å². The first-order chi connectivity index (χ1) is 18.0. The van der Waals surface area contributed by atoms with Crippen molar-refractivity contribution in [2.45, 2.75) is 32.6 Å². The molecule has 3 aromatic heterocycles. The summed E-state index contributed by atoms with van der Waals surface area (Å²) in [6.07, 6.45) is 0. The summed E-state index contributed by atoms with van der Waals surface area (Å²) in [4.78, 5) is 4.71. The second kappa shape index (κ2) is 7.17. The molecule has 0 spiro atoms. The Morgan fingerprint density at radius 3 is 2.03 bits per heavy atom. The molecule has 3 nitrogen and oxygen atoms in total. The number of benzene rings is 3. The molecule has 0 atom stereocenters. The molecule has 3 aliphatic rings. The summed E-state index contributed by atoms with van der Waals surface area (Å²) in [6, 6.07) is 29.1. The highest BCUT2D eigenvalue weighted by Crippen LogP contribution is 2.55. The van der Waals surface area contributed by atoms with E-state index in [-0.39, 0.29) is 11.8 Å². The summed E-state index contributed by atoms with van der Waals surface area (Å²) in [5, 5.41) is 2.21. The van der Waals surface area contributed by atoms with Gasteiger partial charge in [0.25, 0.3) is 0 Å². The van der Waals surface area contributed by atoms with Crippen molar-refractivity contribution in [1.29, 1.82) is 0 Å². The lowest BCUT2D eigenvalue weighted by Gasteiger charge is -2.39. The Labute approximate surface area is 216 Å². The van der Waals surface area contributed by atoms with Gasteiger partial charge in [0, 0.05) is 34.0 Å². The number of pyridine rings is 2. The van der Waals surface area contributed by atoms with Crippen molar-refractivity contribution >= 4 is 22.1 Å². The van der Waals surface area contributed by atoms with Gasteiger partial charge in [0.1, 0.15) is 7.05 Å². The molecule has 0 saturated heterocycles. The van der Waals surface area contributed by atoms with Gasteiger partial charge >= 0.3 is 0 Å². The molecule has 0 saturated carbocycles. The van der Waals surface area contributed by atoms with Crippen LogP contribution in [-0.2, 0) is 7.05 Å². The van der Waals surface area contributed by atoms with Crippen LogP contribution in [0.4, 0.5) is 0 Å². The normalized spacial score (nSPS) is 17.2. The van der Waals surface area contributed by atoms with Crippen molar-refractivity contribution in [1.82, 2.24) is 4.98 Å². The molecule has 0 unspecified atom stereocenters. The Hall–Kier alpha value is -4.24. The number of rotatable bonds is 1. The van der Waals surface area contributed by atoms with Crippen molar-refractivity contribution < 1.29 is 8.98 Å². The third-order valence-electron chi connectivity index (χ3n) is 8.80. The molecule has 3 heteroatoms. The van der Waals surface area contributed by atoms with Gasteiger partial charge in [0.15, 0.2) is 11.3 Å². The van der Waals surface area contributed by atoms with Crippen LogP contribution in [0.3, 0.4) is 0 Å². The minimum Gasteiger partial charge on any atom is -0.437 e. The van der Waals surface area contributed by atoms with Crippen LogP contribution in [0.15, 0.2) is 83.3 Å². The molecule has 0 N–H and O–H groups in total. The molecule has 37 heavy (non-hydrogen) atoms. The van der Waals surface area contributed by atoms with E-state index in [1.807, 2.05) is 6.92 Å². The Balaban J connectivity index is 1.45. The number of aromatic nitrogens is 2. The van der Waals surface area contributed by atoms with Gasteiger partial charge < -0.3 is 4.42 Å². The number of hydrogen-bond donors (Lipinski definition) is 0. The lowest BCUT2D eigenvalue weighted by Crippen LogP contribution is -2.44. The lowest BCUT2D eigenvalue weighted by atomic mass is 9.62. The molecule has 178 valence electrons. The number of hydrogen-bond acceptors (Lipinski definition) is 2. The van der Waals surface area contributed by atoms with Gasteiger partial charge in [-0.25, -0.2) is 4.98 Å². The zero-order valence-corrected chi connectivity index (χ0v) is 21.5. The van der Waals surface area contributed by atoms with E-state index >= 15 is 0 Å². The summed E-state index contributed by atoms with van der Waals surface area (Å²) >= 11 is 0. The summed E-state index contributed by atoms with van der Waals surface area (Å²) in [7, 11) is 2.23. The van der Waals surface area contributed by atoms with E-state index in [9.17, 15) is 0 Å². The molecule has 2 bridgehead atoms. The molecule has 0 aliphatic heterocycles. The standard InChI is InChI=1S/C34H27N2O/c1-18-17-27-25-14-13-19(2)35-34(25)37-33(27)29(20(18)3)28-16-15-26-30-21-9-5-7-11-23(21)31(32(26)36(28)4)24-12-8-6-10-22(24)30/h5-17,30-31H,1-4H3/q+1. The maximum Gasteiger partial charge on any atom is 0.227 e. The summed E-state index contributed by atoms with van der Waals surface area (Å²) in [5.41, 5.74) is 16.0. The molecular formula is C34H27N2O+. The maximum atomic E-state index is 6.50. The first-order valence-electron chi connectivity index (χ1n) is 13.0. The van der Waals surface area contributed by atoms with Gasteiger partial charge in [-0.1, -0.05) is 48.5 Å². The molecule has 0 radical (unpaired) electrons. The highest BCUT2D eigenvalue weighted by atomic mass is 16.3. The Kier molecular flexibility index (Phi) is 4.05. The van der Waals surface area contributed by atoms with Crippen LogP contribution in [-0.4, -0.2) is 4.98 Å². The van der Waals surface area contributed by atoms with Crippen LogP contribution in [0.1, 0.15) is 62.2 Å². The van der Waals surface area contributed by atoms with E-state index in [4.69, 9.17) is 9.40 Å². The molecule has 3 aliphatic carbocycles. The average Bonchev–Trinajstić information content (AvgIpc) is 3.26.